The number of anilines is 1. The van der Waals surface area contributed by atoms with E-state index >= 15 is 0 Å². The molecular formula is C9H10BrF2N3O2. The van der Waals surface area contributed by atoms with E-state index in [9.17, 15) is 18.9 Å². The number of nitrogens with one attached hydrogen (secondary N) is 1. The predicted octanol–water partition coefficient (Wildman–Crippen LogP) is 3.21. The molecule has 0 aromatic carbocycles. The molecule has 1 aromatic rings. The third-order valence-corrected chi connectivity index (χ3v) is 2.61. The van der Waals surface area contributed by atoms with E-state index in [1.165, 1.54) is 13.0 Å². The van der Waals surface area contributed by atoms with Crippen molar-refractivity contribution in [2.45, 2.75) is 25.8 Å². The van der Waals surface area contributed by atoms with Gasteiger partial charge in [0.15, 0.2) is 0 Å². The Kier molecular flexibility index (Phi) is 3.97. The maximum absolute atomic E-state index is 13.0. The fraction of sp³-hybridized carbons (Fsp3) is 0.444. The zero-order chi connectivity index (χ0) is 13.2. The highest BCUT2D eigenvalue weighted by atomic mass is 79.9. The lowest BCUT2D eigenvalue weighted by Gasteiger charge is -2.21. The van der Waals surface area contributed by atoms with Crippen molar-refractivity contribution in [1.82, 2.24) is 4.98 Å². The van der Waals surface area contributed by atoms with Crippen molar-refractivity contribution in [2.75, 3.05) is 5.32 Å². The summed E-state index contributed by atoms with van der Waals surface area (Å²) in [7, 11) is 0. The van der Waals surface area contributed by atoms with Crippen LogP contribution < -0.4 is 5.32 Å². The average molecular weight is 310 g/mol. The summed E-state index contributed by atoms with van der Waals surface area (Å²) in [6.07, 6.45) is 1.01. The van der Waals surface area contributed by atoms with Crippen molar-refractivity contribution in [3.8, 4) is 0 Å². The van der Waals surface area contributed by atoms with Gasteiger partial charge in [-0.2, -0.15) is 0 Å². The van der Waals surface area contributed by atoms with Crippen LogP contribution in [-0.2, 0) is 0 Å². The van der Waals surface area contributed by atoms with Gasteiger partial charge in [-0.15, -0.1) is 0 Å². The monoisotopic (exact) mass is 309 g/mol. The van der Waals surface area contributed by atoms with Crippen molar-refractivity contribution in [2.24, 2.45) is 0 Å². The van der Waals surface area contributed by atoms with Crippen LogP contribution in [0.25, 0.3) is 0 Å². The zero-order valence-electron chi connectivity index (χ0n) is 9.08. The van der Waals surface area contributed by atoms with Gasteiger partial charge in [0, 0.05) is 13.0 Å². The Bertz CT molecular complexity index is 437. The van der Waals surface area contributed by atoms with Gasteiger partial charge in [0.05, 0.1) is 11.0 Å². The molecule has 0 unspecified atom stereocenters. The molecule has 0 amide bonds. The molecule has 0 radical (unpaired) electrons. The second-order valence-electron chi connectivity index (χ2n) is 3.60. The highest BCUT2D eigenvalue weighted by Crippen LogP contribution is 2.29. The van der Waals surface area contributed by atoms with E-state index in [1.807, 2.05) is 0 Å². The molecule has 1 aromatic heterocycles. The van der Waals surface area contributed by atoms with Gasteiger partial charge >= 0.3 is 5.69 Å². The molecule has 0 spiro atoms. The summed E-state index contributed by atoms with van der Waals surface area (Å²) in [5, 5.41) is 13.1. The van der Waals surface area contributed by atoms with E-state index in [4.69, 9.17) is 0 Å². The normalized spacial score (nSPS) is 13.2. The first-order valence-electron chi connectivity index (χ1n) is 4.66. The Labute approximate surface area is 105 Å². The van der Waals surface area contributed by atoms with Crippen LogP contribution in [0.2, 0.25) is 0 Å². The van der Waals surface area contributed by atoms with E-state index in [2.05, 4.69) is 26.2 Å². The molecule has 0 saturated carbocycles. The van der Waals surface area contributed by atoms with Crippen LogP contribution in [0.1, 0.15) is 13.8 Å². The van der Waals surface area contributed by atoms with Crippen LogP contribution in [0.4, 0.5) is 20.2 Å². The molecule has 0 fully saturated rings. The number of hydrogen-bond donors (Lipinski definition) is 1. The maximum atomic E-state index is 13.0. The van der Waals surface area contributed by atoms with E-state index < -0.39 is 16.9 Å². The Hall–Kier alpha value is -1.31. The van der Waals surface area contributed by atoms with E-state index in [0.29, 0.717) is 4.60 Å². The van der Waals surface area contributed by atoms with Crippen molar-refractivity contribution in [3.05, 3.63) is 27.0 Å². The van der Waals surface area contributed by atoms with Gasteiger partial charge in [0.25, 0.3) is 5.92 Å². The number of rotatable bonds is 4. The number of hydrogen-bond acceptors (Lipinski definition) is 4. The van der Waals surface area contributed by atoms with Gasteiger partial charge in [-0.05, 0) is 22.9 Å². The van der Waals surface area contributed by atoms with Gasteiger partial charge in [-0.25, -0.2) is 13.8 Å². The molecule has 1 heterocycles. The summed E-state index contributed by atoms with van der Waals surface area (Å²) < 4.78 is 26.3. The van der Waals surface area contributed by atoms with Crippen LogP contribution in [0.5, 0.6) is 0 Å². The molecule has 0 saturated heterocycles. The first-order valence-corrected chi connectivity index (χ1v) is 5.45. The molecule has 0 aliphatic carbocycles. The second kappa shape index (κ2) is 4.91. The summed E-state index contributed by atoms with van der Waals surface area (Å²) in [6.45, 7) is 1.99. The Morgan fingerprint density at radius 2 is 2.24 bits per heavy atom. The number of nitrogens with zero attached hydrogens (tertiary/aromatic N) is 2. The van der Waals surface area contributed by atoms with Gasteiger partial charge in [-0.3, -0.25) is 10.1 Å². The molecule has 17 heavy (non-hydrogen) atoms. The lowest BCUT2D eigenvalue weighted by Crippen LogP contribution is -2.34. The number of nitro groups is 1. The molecule has 5 nitrogen and oxygen atoms in total. The molecule has 0 bridgehead atoms. The average Bonchev–Trinajstić information content (AvgIpc) is 2.15. The van der Waals surface area contributed by atoms with Gasteiger partial charge in [0.2, 0.25) is 0 Å². The summed E-state index contributed by atoms with van der Waals surface area (Å²) in [5.41, 5.74) is -0.338. The fourth-order valence-electron chi connectivity index (χ4n) is 1.04. The summed E-state index contributed by atoms with van der Waals surface area (Å²) in [6, 6.07) is 0.0656. The predicted molar refractivity (Wildman–Crippen MR) is 62.3 cm³/mol. The third kappa shape index (κ3) is 3.58. The number of pyridine rings is 1. The molecular weight excluding hydrogens is 300 g/mol. The Balaban J connectivity index is 3.04. The number of aromatic nitrogens is 1. The SMILES string of the molecule is C[C@H](Nc1cc(Br)ncc1[N+](=O)[O-])C(C)(F)F. The fourth-order valence-corrected chi connectivity index (χ4v) is 1.38. The quantitative estimate of drug-likeness (QED) is 0.527. The lowest BCUT2D eigenvalue weighted by molar-refractivity contribution is -0.384. The number of alkyl halides is 2. The van der Waals surface area contributed by atoms with Gasteiger partial charge in [0.1, 0.15) is 16.5 Å². The van der Waals surface area contributed by atoms with Gasteiger partial charge < -0.3 is 5.32 Å². The van der Waals surface area contributed by atoms with Crippen LogP contribution in [0.15, 0.2) is 16.9 Å². The summed E-state index contributed by atoms with van der Waals surface area (Å²) in [4.78, 5) is 13.7. The standard InChI is InChI=1S/C9H10BrF2N3O2/c1-5(9(2,11)12)14-6-3-8(10)13-4-7(6)15(16)17/h3-5H,1-2H3,(H,13,14)/t5-/m0/s1. The minimum atomic E-state index is -2.98. The van der Waals surface area contributed by atoms with Crippen LogP contribution in [0.3, 0.4) is 0 Å². The molecule has 1 N–H and O–H groups in total. The zero-order valence-corrected chi connectivity index (χ0v) is 10.7. The van der Waals surface area contributed by atoms with E-state index in [-0.39, 0.29) is 11.4 Å². The first kappa shape index (κ1) is 13.8. The molecule has 1 rings (SSSR count). The first-order chi connectivity index (χ1) is 7.71. The topological polar surface area (TPSA) is 68.1 Å². The smallest absolute Gasteiger partial charge is 0.310 e. The number of halogens is 3. The summed E-state index contributed by atoms with van der Waals surface area (Å²) in [5.74, 6) is -2.98. The van der Waals surface area contributed by atoms with Crippen LogP contribution in [0, 0.1) is 10.1 Å². The molecule has 8 heteroatoms. The van der Waals surface area contributed by atoms with Gasteiger partial charge in [-0.1, -0.05) is 0 Å². The minimum absolute atomic E-state index is 0.00546. The van der Waals surface area contributed by atoms with Crippen molar-refractivity contribution in [1.29, 1.82) is 0 Å². The van der Waals surface area contributed by atoms with Crippen LogP contribution >= 0.6 is 15.9 Å². The largest absolute Gasteiger partial charge is 0.371 e. The van der Waals surface area contributed by atoms with Crippen molar-refractivity contribution in [3.63, 3.8) is 0 Å². The van der Waals surface area contributed by atoms with Crippen molar-refractivity contribution >= 4 is 27.3 Å². The second-order valence-corrected chi connectivity index (χ2v) is 4.42. The highest BCUT2D eigenvalue weighted by molar-refractivity contribution is 9.10. The van der Waals surface area contributed by atoms with E-state index in [1.54, 1.807) is 0 Å². The van der Waals surface area contributed by atoms with Crippen LogP contribution in [-0.4, -0.2) is 21.9 Å². The molecule has 0 aliphatic heterocycles. The molecule has 0 aliphatic rings. The molecule has 1 atom stereocenters. The molecule has 94 valence electrons. The third-order valence-electron chi connectivity index (χ3n) is 2.18. The summed E-state index contributed by atoms with van der Waals surface area (Å²) >= 11 is 3.02. The highest BCUT2D eigenvalue weighted by Gasteiger charge is 2.31. The lowest BCUT2D eigenvalue weighted by atomic mass is 10.2. The van der Waals surface area contributed by atoms with E-state index in [0.717, 1.165) is 13.1 Å². The maximum Gasteiger partial charge on any atom is 0.310 e. The Morgan fingerprint density at radius 3 is 2.71 bits per heavy atom. The Morgan fingerprint density at radius 1 is 1.65 bits per heavy atom. The minimum Gasteiger partial charge on any atom is -0.371 e. The van der Waals surface area contributed by atoms with Crippen molar-refractivity contribution < 1.29 is 13.7 Å².